The molecule has 0 bridgehead atoms. The van der Waals surface area contributed by atoms with Crippen LogP contribution >= 0.6 is 23.1 Å². The number of nitrogens with one attached hydrogen (secondary N) is 1. The van der Waals surface area contributed by atoms with Crippen molar-refractivity contribution in [3.8, 4) is 0 Å². The lowest BCUT2D eigenvalue weighted by molar-refractivity contribution is -0.123. The fraction of sp³-hybridized carbons (Fsp3) is 0.320. The van der Waals surface area contributed by atoms with Gasteiger partial charge in [-0.2, -0.15) is 0 Å². The van der Waals surface area contributed by atoms with Crippen molar-refractivity contribution < 1.29 is 9.59 Å². The van der Waals surface area contributed by atoms with E-state index in [9.17, 15) is 9.59 Å². The number of aromatic nitrogens is 1. The van der Waals surface area contributed by atoms with Gasteiger partial charge in [0.1, 0.15) is 0 Å². The van der Waals surface area contributed by atoms with Crippen molar-refractivity contribution in [1.29, 1.82) is 0 Å². The Morgan fingerprint density at radius 2 is 2.00 bits per heavy atom. The summed E-state index contributed by atoms with van der Waals surface area (Å²) in [5, 5.41) is 6.12. The Kier molecular flexibility index (Phi) is 7.80. The summed E-state index contributed by atoms with van der Waals surface area (Å²) in [5.74, 6) is 0.338. The van der Waals surface area contributed by atoms with Gasteiger partial charge in [0.05, 0.1) is 22.2 Å². The molecule has 6 nitrogen and oxygen atoms in total. The van der Waals surface area contributed by atoms with Crippen LogP contribution < -0.4 is 11.1 Å². The van der Waals surface area contributed by atoms with Crippen LogP contribution in [0.5, 0.6) is 0 Å². The third kappa shape index (κ3) is 6.43. The fourth-order valence-corrected chi connectivity index (χ4v) is 5.65. The zero-order valence-corrected chi connectivity index (χ0v) is 20.3. The zero-order valence-electron chi connectivity index (χ0n) is 18.6. The normalized spacial score (nSPS) is 16.5. The van der Waals surface area contributed by atoms with E-state index in [2.05, 4.69) is 20.6 Å². The molecule has 1 aromatic heterocycles. The van der Waals surface area contributed by atoms with Crippen LogP contribution in [0.2, 0.25) is 0 Å². The maximum Gasteiger partial charge on any atom is 0.256 e. The van der Waals surface area contributed by atoms with Crippen LogP contribution in [0.4, 0.5) is 5.69 Å². The second kappa shape index (κ2) is 11.0. The number of thiazole rings is 1. The predicted octanol–water partition coefficient (Wildman–Crippen LogP) is 4.69. The van der Waals surface area contributed by atoms with Crippen molar-refractivity contribution in [2.75, 3.05) is 18.4 Å². The number of rotatable bonds is 8. The summed E-state index contributed by atoms with van der Waals surface area (Å²) in [6.07, 6.45) is 1.86. The molecule has 1 unspecified atom stereocenters. The highest BCUT2D eigenvalue weighted by Crippen LogP contribution is 2.27. The van der Waals surface area contributed by atoms with Crippen molar-refractivity contribution in [1.82, 2.24) is 9.88 Å². The minimum Gasteiger partial charge on any atom is -0.369 e. The summed E-state index contributed by atoms with van der Waals surface area (Å²) >= 11 is 3.26. The van der Waals surface area contributed by atoms with E-state index in [-0.39, 0.29) is 17.7 Å². The summed E-state index contributed by atoms with van der Waals surface area (Å²) in [6, 6.07) is 15.6. The Bertz CT molecular complexity index is 1110. The Hall–Kier alpha value is -2.68. The molecule has 172 valence electrons. The third-order valence-corrected chi connectivity index (χ3v) is 7.63. The van der Waals surface area contributed by atoms with Crippen molar-refractivity contribution in [3.63, 3.8) is 0 Å². The van der Waals surface area contributed by atoms with E-state index in [1.807, 2.05) is 55.5 Å². The Labute approximate surface area is 202 Å². The second-order valence-electron chi connectivity index (χ2n) is 8.27. The van der Waals surface area contributed by atoms with Crippen molar-refractivity contribution in [2.45, 2.75) is 37.0 Å². The minimum atomic E-state index is -0.210. The predicted molar refractivity (Wildman–Crippen MR) is 134 cm³/mol. The highest BCUT2D eigenvalue weighted by molar-refractivity contribution is 7.98. The van der Waals surface area contributed by atoms with Gasteiger partial charge in [0.2, 0.25) is 5.91 Å². The maximum absolute atomic E-state index is 13.0. The van der Waals surface area contributed by atoms with Gasteiger partial charge < -0.3 is 11.1 Å². The van der Waals surface area contributed by atoms with Crippen LogP contribution in [0.25, 0.3) is 0 Å². The third-order valence-electron chi connectivity index (χ3n) is 5.70. The van der Waals surface area contributed by atoms with Gasteiger partial charge >= 0.3 is 0 Å². The van der Waals surface area contributed by atoms with Gasteiger partial charge in [0.15, 0.2) is 0 Å². The maximum atomic E-state index is 13.0. The van der Waals surface area contributed by atoms with E-state index < -0.39 is 0 Å². The topological polar surface area (TPSA) is 88.3 Å². The van der Waals surface area contributed by atoms with Crippen molar-refractivity contribution in [3.05, 3.63) is 75.7 Å². The molecule has 0 aliphatic carbocycles. The lowest BCUT2D eigenvalue weighted by Crippen LogP contribution is -2.40. The molecule has 3 aromatic rings. The Morgan fingerprint density at radius 3 is 2.73 bits per heavy atom. The van der Waals surface area contributed by atoms with E-state index >= 15 is 0 Å². The molecule has 1 atom stereocenters. The molecule has 0 saturated carbocycles. The zero-order chi connectivity index (χ0) is 23.2. The number of amides is 2. The van der Waals surface area contributed by atoms with Gasteiger partial charge in [0, 0.05) is 34.8 Å². The van der Waals surface area contributed by atoms with E-state index in [0.717, 1.165) is 58.5 Å². The Balaban J connectivity index is 1.35. The number of hydrogen-bond donors (Lipinski definition) is 2. The number of likely N-dealkylation sites (tertiary alicyclic amines) is 1. The molecule has 2 heterocycles. The highest BCUT2D eigenvalue weighted by atomic mass is 32.2. The number of piperidine rings is 1. The number of anilines is 1. The average Bonchev–Trinajstić information content (AvgIpc) is 3.24. The van der Waals surface area contributed by atoms with Crippen molar-refractivity contribution in [2.24, 2.45) is 11.7 Å². The van der Waals surface area contributed by atoms with Gasteiger partial charge in [0.25, 0.3) is 5.91 Å². The molecule has 4 rings (SSSR count). The van der Waals surface area contributed by atoms with Crippen LogP contribution in [0, 0.1) is 12.8 Å². The first-order chi connectivity index (χ1) is 16.0. The Morgan fingerprint density at radius 1 is 1.21 bits per heavy atom. The first-order valence-corrected chi connectivity index (χ1v) is 12.9. The first-order valence-electron chi connectivity index (χ1n) is 11.0. The first kappa shape index (κ1) is 23.5. The molecule has 8 heteroatoms. The summed E-state index contributed by atoms with van der Waals surface area (Å²) in [4.78, 5) is 32.2. The molecule has 1 fully saturated rings. The minimum absolute atomic E-state index is 0.0604. The molecule has 0 spiro atoms. The lowest BCUT2D eigenvalue weighted by atomic mass is 9.97. The molecular weight excluding hydrogens is 452 g/mol. The van der Waals surface area contributed by atoms with E-state index in [0.29, 0.717) is 12.1 Å². The molecule has 0 radical (unpaired) electrons. The molecular formula is C25H28N4O2S2. The van der Waals surface area contributed by atoms with Gasteiger partial charge in [-0.25, -0.2) is 4.98 Å². The molecule has 1 aliphatic rings. The largest absolute Gasteiger partial charge is 0.369 e. The number of primary amides is 1. The molecule has 1 aliphatic heterocycles. The van der Waals surface area contributed by atoms with E-state index in [1.165, 1.54) is 0 Å². The number of nitrogens with two attached hydrogens (primary N) is 1. The number of thioether (sulfide) groups is 1. The van der Waals surface area contributed by atoms with Crippen molar-refractivity contribution >= 4 is 40.6 Å². The van der Waals surface area contributed by atoms with E-state index in [4.69, 9.17) is 5.73 Å². The molecule has 2 aromatic carbocycles. The van der Waals surface area contributed by atoms with Crippen LogP contribution in [0.3, 0.4) is 0 Å². The number of hydrogen-bond acceptors (Lipinski definition) is 6. The standard InChI is InChI=1S/C25H28N4O2S2/c1-17-27-21(15-32-17)16-33-23-7-3-2-6-22(23)25(31)28-20-10-8-18(9-11-20)13-29-12-4-5-19(14-29)24(26)30/h2-3,6-11,15,19H,4-5,12-14,16H2,1H3,(H2,26,30)(H,28,31). The lowest BCUT2D eigenvalue weighted by Gasteiger charge is -2.31. The summed E-state index contributed by atoms with van der Waals surface area (Å²) in [6.45, 7) is 4.45. The molecule has 2 amide bonds. The monoisotopic (exact) mass is 480 g/mol. The number of aryl methyl sites for hydroxylation is 1. The van der Waals surface area contributed by atoms with E-state index in [1.54, 1.807) is 23.1 Å². The molecule has 33 heavy (non-hydrogen) atoms. The van der Waals surface area contributed by atoms with Crippen LogP contribution in [-0.2, 0) is 17.1 Å². The number of carbonyl (C=O) groups is 2. The van der Waals surface area contributed by atoms with Crippen LogP contribution in [0.15, 0.2) is 58.8 Å². The number of nitrogens with zero attached hydrogens (tertiary/aromatic N) is 2. The van der Waals surface area contributed by atoms with Gasteiger partial charge in [-0.05, 0) is 56.1 Å². The quantitative estimate of drug-likeness (QED) is 0.457. The van der Waals surface area contributed by atoms with Gasteiger partial charge in [-0.3, -0.25) is 14.5 Å². The van der Waals surface area contributed by atoms with Crippen LogP contribution in [-0.4, -0.2) is 34.8 Å². The molecule has 3 N–H and O–H groups in total. The summed E-state index contributed by atoms with van der Waals surface area (Å²) in [7, 11) is 0. The SMILES string of the molecule is Cc1nc(CSc2ccccc2C(=O)Nc2ccc(CN3CCCC(C(N)=O)C3)cc2)cs1. The molecule has 1 saturated heterocycles. The summed E-state index contributed by atoms with van der Waals surface area (Å²) < 4.78 is 0. The smallest absolute Gasteiger partial charge is 0.256 e. The highest BCUT2D eigenvalue weighted by Gasteiger charge is 2.23. The average molecular weight is 481 g/mol. The van der Waals surface area contributed by atoms with Crippen LogP contribution in [0.1, 0.15) is 39.5 Å². The second-order valence-corrected chi connectivity index (χ2v) is 10.3. The summed E-state index contributed by atoms with van der Waals surface area (Å²) in [5.41, 5.74) is 9.08. The van der Waals surface area contributed by atoms with Gasteiger partial charge in [-0.15, -0.1) is 23.1 Å². The van der Waals surface area contributed by atoms with Gasteiger partial charge in [-0.1, -0.05) is 24.3 Å². The number of carbonyl (C=O) groups excluding carboxylic acids is 2. The number of benzene rings is 2. The fourth-order valence-electron chi connectivity index (χ4n) is 3.99.